The lowest BCUT2D eigenvalue weighted by Gasteiger charge is -2.22. The summed E-state index contributed by atoms with van der Waals surface area (Å²) in [5, 5.41) is 0. The second kappa shape index (κ2) is 4.07. The Bertz CT molecular complexity index is 442. The van der Waals surface area contributed by atoms with Crippen LogP contribution in [0.1, 0.15) is 24.9 Å². The van der Waals surface area contributed by atoms with Crippen molar-refractivity contribution in [2.24, 2.45) is 0 Å². The van der Waals surface area contributed by atoms with Crippen LogP contribution in [0.4, 0.5) is 0 Å². The van der Waals surface area contributed by atoms with Crippen LogP contribution in [0, 0.1) is 0 Å². The summed E-state index contributed by atoms with van der Waals surface area (Å²) >= 11 is 0. The minimum Gasteiger partial charge on any atom is -0.324 e. The molecule has 0 fully saturated rings. The molecule has 0 bridgehead atoms. The van der Waals surface area contributed by atoms with Gasteiger partial charge in [-0.25, -0.2) is 0 Å². The molecule has 2 heterocycles. The smallest absolute Gasteiger partial charge is 0.0497 e. The third-order valence-electron chi connectivity index (χ3n) is 2.97. The van der Waals surface area contributed by atoms with Crippen LogP contribution in [-0.4, -0.2) is 23.4 Å². The summed E-state index contributed by atoms with van der Waals surface area (Å²) in [5.74, 6) is 0. The van der Waals surface area contributed by atoms with Gasteiger partial charge in [0.2, 0.25) is 0 Å². The molecule has 0 aliphatic rings. The van der Waals surface area contributed by atoms with Crippen LogP contribution >= 0.6 is 0 Å². The molecule has 2 nitrogen and oxygen atoms in total. The van der Waals surface area contributed by atoms with Gasteiger partial charge in [0, 0.05) is 24.0 Å². The predicted molar refractivity (Wildman–Crippen MR) is 64.1 cm³/mol. The van der Waals surface area contributed by atoms with Crippen molar-refractivity contribution in [3.05, 3.63) is 42.2 Å². The normalized spacial score (nSPS) is 13.6. The number of rotatable bonds is 3. The van der Waals surface area contributed by atoms with E-state index in [0.29, 0.717) is 6.04 Å². The molecule has 80 valence electrons. The molecule has 0 aromatic carbocycles. The first-order valence-electron chi connectivity index (χ1n) is 5.46. The van der Waals surface area contributed by atoms with Gasteiger partial charge in [0.15, 0.2) is 0 Å². The third kappa shape index (κ3) is 1.77. The third-order valence-corrected chi connectivity index (χ3v) is 2.97. The Kier molecular flexibility index (Phi) is 2.78. The summed E-state index contributed by atoms with van der Waals surface area (Å²) in [7, 11) is 4.28. The van der Waals surface area contributed by atoms with Gasteiger partial charge in [-0.15, -0.1) is 0 Å². The number of fused-ring (bicyclic) bond motifs is 1. The number of nitrogens with zero attached hydrogens (tertiary/aromatic N) is 2. The molecule has 0 saturated heterocycles. The van der Waals surface area contributed by atoms with Crippen molar-refractivity contribution in [2.45, 2.75) is 19.4 Å². The van der Waals surface area contributed by atoms with Gasteiger partial charge in [-0.2, -0.15) is 0 Å². The number of aromatic nitrogens is 1. The molecule has 0 spiro atoms. The van der Waals surface area contributed by atoms with Crippen molar-refractivity contribution >= 4 is 5.52 Å². The number of hydrogen-bond acceptors (Lipinski definition) is 1. The second-order valence-electron chi connectivity index (χ2n) is 4.15. The average molecular weight is 202 g/mol. The van der Waals surface area contributed by atoms with Gasteiger partial charge in [-0.1, -0.05) is 13.0 Å². The Hall–Kier alpha value is -1.28. The molecule has 0 N–H and O–H groups in total. The molecule has 0 radical (unpaired) electrons. The quantitative estimate of drug-likeness (QED) is 0.742. The van der Waals surface area contributed by atoms with Crippen molar-refractivity contribution in [1.29, 1.82) is 0 Å². The first-order chi connectivity index (χ1) is 7.24. The minimum atomic E-state index is 0.511. The molecule has 2 aromatic rings. The standard InChI is InChI=1S/C13H18N2/c1-4-12(14(2)3)11-8-10-15-9-6-5-7-13(11)15/h5-10,12H,4H2,1-3H3. The fourth-order valence-corrected chi connectivity index (χ4v) is 2.22. The number of pyridine rings is 1. The highest BCUT2D eigenvalue weighted by Gasteiger charge is 2.14. The largest absolute Gasteiger partial charge is 0.324 e. The lowest BCUT2D eigenvalue weighted by Crippen LogP contribution is -2.18. The van der Waals surface area contributed by atoms with E-state index in [0.717, 1.165) is 6.42 Å². The maximum Gasteiger partial charge on any atom is 0.0497 e. The highest BCUT2D eigenvalue weighted by molar-refractivity contribution is 5.56. The summed E-state index contributed by atoms with van der Waals surface area (Å²) in [5.41, 5.74) is 2.74. The Morgan fingerprint density at radius 3 is 2.67 bits per heavy atom. The van der Waals surface area contributed by atoms with Gasteiger partial charge < -0.3 is 9.30 Å². The van der Waals surface area contributed by atoms with Gasteiger partial charge in [-0.3, -0.25) is 0 Å². The summed E-state index contributed by atoms with van der Waals surface area (Å²) < 4.78 is 2.18. The second-order valence-corrected chi connectivity index (χ2v) is 4.15. The highest BCUT2D eigenvalue weighted by atomic mass is 15.1. The summed E-state index contributed by atoms with van der Waals surface area (Å²) in [4.78, 5) is 2.28. The fourth-order valence-electron chi connectivity index (χ4n) is 2.22. The van der Waals surface area contributed by atoms with Gasteiger partial charge >= 0.3 is 0 Å². The van der Waals surface area contributed by atoms with Crippen LogP contribution in [0.2, 0.25) is 0 Å². The van der Waals surface area contributed by atoms with E-state index in [1.54, 1.807) is 0 Å². The van der Waals surface area contributed by atoms with Crippen LogP contribution < -0.4 is 0 Å². The van der Waals surface area contributed by atoms with E-state index in [-0.39, 0.29) is 0 Å². The first kappa shape index (κ1) is 10.2. The lowest BCUT2D eigenvalue weighted by atomic mass is 10.1. The van der Waals surface area contributed by atoms with Gasteiger partial charge in [0.25, 0.3) is 0 Å². The van der Waals surface area contributed by atoms with Crippen molar-refractivity contribution in [2.75, 3.05) is 14.1 Å². The molecule has 0 saturated carbocycles. The van der Waals surface area contributed by atoms with Crippen molar-refractivity contribution in [3.8, 4) is 0 Å². The maximum atomic E-state index is 2.28. The molecule has 15 heavy (non-hydrogen) atoms. The topological polar surface area (TPSA) is 7.65 Å². The van der Waals surface area contributed by atoms with E-state index in [9.17, 15) is 0 Å². The molecule has 2 heteroatoms. The molecule has 2 rings (SSSR count). The molecule has 0 aliphatic carbocycles. The highest BCUT2D eigenvalue weighted by Crippen LogP contribution is 2.26. The Labute approximate surface area is 91.1 Å². The SMILES string of the molecule is CCC(c1ccn2ccccc12)N(C)C. The van der Waals surface area contributed by atoms with Gasteiger partial charge in [0.1, 0.15) is 0 Å². The zero-order valence-electron chi connectivity index (χ0n) is 9.64. The summed E-state index contributed by atoms with van der Waals surface area (Å²) in [6.07, 6.45) is 5.37. The van der Waals surface area contributed by atoms with Crippen molar-refractivity contribution in [3.63, 3.8) is 0 Å². The summed E-state index contributed by atoms with van der Waals surface area (Å²) in [6, 6.07) is 9.08. The van der Waals surface area contributed by atoms with Crippen LogP contribution in [0.5, 0.6) is 0 Å². The van der Waals surface area contributed by atoms with E-state index in [2.05, 4.69) is 67.0 Å². The molecule has 0 amide bonds. The van der Waals surface area contributed by atoms with Crippen LogP contribution in [-0.2, 0) is 0 Å². The molecular formula is C13H18N2. The van der Waals surface area contributed by atoms with Crippen molar-refractivity contribution < 1.29 is 0 Å². The maximum absolute atomic E-state index is 2.28. The zero-order valence-corrected chi connectivity index (χ0v) is 9.64. The fraction of sp³-hybridized carbons (Fsp3) is 0.385. The Morgan fingerprint density at radius 2 is 2.00 bits per heavy atom. The van der Waals surface area contributed by atoms with E-state index >= 15 is 0 Å². The molecule has 1 atom stereocenters. The molecule has 1 unspecified atom stereocenters. The lowest BCUT2D eigenvalue weighted by molar-refractivity contribution is 0.294. The Morgan fingerprint density at radius 1 is 1.20 bits per heavy atom. The number of hydrogen-bond donors (Lipinski definition) is 0. The van der Waals surface area contributed by atoms with E-state index < -0.39 is 0 Å². The van der Waals surface area contributed by atoms with Gasteiger partial charge in [-0.05, 0) is 44.3 Å². The molecular weight excluding hydrogens is 184 g/mol. The zero-order chi connectivity index (χ0) is 10.8. The molecule has 2 aromatic heterocycles. The van der Waals surface area contributed by atoms with Crippen molar-refractivity contribution in [1.82, 2.24) is 9.30 Å². The minimum absolute atomic E-state index is 0.511. The van der Waals surface area contributed by atoms with E-state index in [4.69, 9.17) is 0 Å². The van der Waals surface area contributed by atoms with E-state index in [1.165, 1.54) is 11.1 Å². The average Bonchev–Trinajstić information content (AvgIpc) is 2.63. The van der Waals surface area contributed by atoms with Gasteiger partial charge in [0.05, 0.1) is 0 Å². The Balaban J connectivity index is 2.51. The monoisotopic (exact) mass is 202 g/mol. The van der Waals surface area contributed by atoms with Crippen LogP contribution in [0.15, 0.2) is 36.7 Å². The first-order valence-corrected chi connectivity index (χ1v) is 5.46. The predicted octanol–water partition coefficient (Wildman–Crippen LogP) is 2.95. The molecule has 0 aliphatic heterocycles. The summed E-state index contributed by atoms with van der Waals surface area (Å²) in [6.45, 7) is 2.23. The van der Waals surface area contributed by atoms with Crippen LogP contribution in [0.3, 0.4) is 0 Å². The van der Waals surface area contributed by atoms with E-state index in [1.807, 2.05) is 0 Å². The van der Waals surface area contributed by atoms with Crippen LogP contribution in [0.25, 0.3) is 5.52 Å².